The normalized spacial score (nSPS) is 52.3. The zero-order chi connectivity index (χ0) is 10.3. The van der Waals surface area contributed by atoms with Crippen LogP contribution in [-0.4, -0.2) is 52.6 Å². The molecule has 14 heavy (non-hydrogen) atoms. The third kappa shape index (κ3) is 1.20. The van der Waals surface area contributed by atoms with Gasteiger partial charge in [-0.3, -0.25) is 0 Å². The Bertz CT molecular complexity index is 221. The molecule has 2 aliphatic rings. The number of hydrogen-bond donors (Lipinski definition) is 3. The van der Waals surface area contributed by atoms with Crippen molar-refractivity contribution in [3.05, 3.63) is 0 Å². The second-order valence-corrected chi connectivity index (χ2v) is 4.03. The molecule has 0 unspecified atom stereocenters. The average molecular weight is 204 g/mol. The van der Waals surface area contributed by atoms with Crippen LogP contribution in [0.1, 0.15) is 13.3 Å². The first-order chi connectivity index (χ1) is 6.64. The first-order valence-corrected chi connectivity index (χ1v) is 4.91. The molecule has 2 fully saturated rings. The molecule has 0 radical (unpaired) electrons. The summed E-state index contributed by atoms with van der Waals surface area (Å²) >= 11 is 0. The molecule has 0 aliphatic carbocycles. The van der Waals surface area contributed by atoms with Crippen molar-refractivity contribution in [2.45, 2.75) is 37.4 Å². The van der Waals surface area contributed by atoms with Gasteiger partial charge in [0.2, 0.25) is 0 Å². The number of ether oxygens (including phenoxy) is 2. The molecule has 2 bridgehead atoms. The highest BCUT2D eigenvalue weighted by atomic mass is 16.7. The number of fused-ring (bicyclic) bond motifs is 2. The molecule has 3 N–H and O–H groups in total. The fourth-order valence-electron chi connectivity index (χ4n) is 2.21. The molecule has 2 aliphatic heterocycles. The van der Waals surface area contributed by atoms with Crippen LogP contribution < -0.4 is 0 Å². The monoisotopic (exact) mass is 204 g/mol. The van der Waals surface area contributed by atoms with Crippen LogP contribution in [0.3, 0.4) is 0 Å². The van der Waals surface area contributed by atoms with Gasteiger partial charge in [0.25, 0.3) is 0 Å². The average Bonchev–Trinajstić information content (AvgIpc) is 2.59. The van der Waals surface area contributed by atoms with Crippen LogP contribution >= 0.6 is 0 Å². The second-order valence-electron chi connectivity index (χ2n) is 4.03. The van der Waals surface area contributed by atoms with Gasteiger partial charge < -0.3 is 24.8 Å². The maximum atomic E-state index is 9.80. The lowest BCUT2D eigenvalue weighted by Crippen LogP contribution is -2.60. The van der Waals surface area contributed by atoms with Crippen LogP contribution in [0.25, 0.3) is 0 Å². The lowest BCUT2D eigenvalue weighted by molar-refractivity contribution is -0.248. The topological polar surface area (TPSA) is 79.2 Å². The molecule has 0 aromatic heterocycles. The van der Waals surface area contributed by atoms with Gasteiger partial charge in [-0.25, -0.2) is 0 Å². The fourth-order valence-corrected chi connectivity index (χ4v) is 2.21. The van der Waals surface area contributed by atoms with E-state index in [2.05, 4.69) is 0 Å². The minimum atomic E-state index is -1.12. The van der Waals surface area contributed by atoms with Crippen LogP contribution in [-0.2, 0) is 9.47 Å². The minimum Gasteiger partial charge on any atom is -0.393 e. The summed E-state index contributed by atoms with van der Waals surface area (Å²) in [7, 11) is 0. The molecule has 82 valence electrons. The largest absolute Gasteiger partial charge is 0.393 e. The third-order valence-corrected chi connectivity index (χ3v) is 3.23. The van der Waals surface area contributed by atoms with E-state index < -0.39 is 24.1 Å². The second kappa shape index (κ2) is 3.43. The Balaban J connectivity index is 2.23. The summed E-state index contributed by atoms with van der Waals surface area (Å²) in [5, 5.41) is 28.7. The zero-order valence-corrected chi connectivity index (χ0v) is 8.09. The standard InChI is InChI=1S/C9H16O5/c1-2-5-6(11)7(12)9(3-10)4-13-8(5)14-9/h5-8,10-12H,2-4H2,1H3/t5-,6-,7-,8+,9+/m1/s1. The SMILES string of the molecule is CC[C@H]1[C@H]2OC[C@](CO)(O2)[C@H](O)[C@@H]1O. The lowest BCUT2D eigenvalue weighted by Gasteiger charge is -2.41. The van der Waals surface area contributed by atoms with E-state index in [0.29, 0.717) is 6.42 Å². The summed E-state index contributed by atoms with van der Waals surface area (Å²) < 4.78 is 10.8. The molecule has 0 saturated carbocycles. The Kier molecular flexibility index (Phi) is 2.53. The van der Waals surface area contributed by atoms with Crippen molar-refractivity contribution in [3.8, 4) is 0 Å². The fraction of sp³-hybridized carbons (Fsp3) is 1.00. The molecule has 5 atom stereocenters. The first kappa shape index (κ1) is 10.3. The van der Waals surface area contributed by atoms with Gasteiger partial charge in [0.1, 0.15) is 11.7 Å². The lowest BCUT2D eigenvalue weighted by atomic mass is 9.84. The molecular formula is C9H16O5. The quantitative estimate of drug-likeness (QED) is 0.529. The van der Waals surface area contributed by atoms with E-state index in [9.17, 15) is 10.2 Å². The molecular weight excluding hydrogens is 188 g/mol. The molecule has 0 amide bonds. The van der Waals surface area contributed by atoms with E-state index in [1.165, 1.54) is 0 Å². The molecule has 2 rings (SSSR count). The highest BCUT2D eigenvalue weighted by molar-refractivity contribution is 5.02. The summed E-state index contributed by atoms with van der Waals surface area (Å²) in [6.07, 6.45) is -1.78. The van der Waals surface area contributed by atoms with Gasteiger partial charge in [-0.2, -0.15) is 0 Å². The first-order valence-electron chi connectivity index (χ1n) is 4.91. The highest BCUT2D eigenvalue weighted by Crippen LogP contribution is 2.40. The van der Waals surface area contributed by atoms with Crippen molar-refractivity contribution in [1.82, 2.24) is 0 Å². The van der Waals surface area contributed by atoms with E-state index in [1.807, 2.05) is 6.92 Å². The Morgan fingerprint density at radius 3 is 2.71 bits per heavy atom. The molecule has 0 aromatic carbocycles. The molecule has 5 nitrogen and oxygen atoms in total. The van der Waals surface area contributed by atoms with Crippen molar-refractivity contribution in [2.24, 2.45) is 5.92 Å². The van der Waals surface area contributed by atoms with E-state index in [0.717, 1.165) is 0 Å². The molecule has 2 heterocycles. The number of hydrogen-bond acceptors (Lipinski definition) is 5. The predicted octanol–water partition coefficient (Wildman–Crippen LogP) is -1.15. The molecule has 5 heteroatoms. The Hall–Kier alpha value is -0.200. The van der Waals surface area contributed by atoms with Gasteiger partial charge in [-0.1, -0.05) is 6.92 Å². The van der Waals surface area contributed by atoms with E-state index in [1.54, 1.807) is 0 Å². The summed E-state index contributed by atoms with van der Waals surface area (Å²) in [6, 6.07) is 0. The van der Waals surface area contributed by atoms with Gasteiger partial charge in [0.05, 0.1) is 19.3 Å². The maximum absolute atomic E-state index is 9.80. The van der Waals surface area contributed by atoms with Crippen molar-refractivity contribution < 1.29 is 24.8 Å². The van der Waals surface area contributed by atoms with Crippen molar-refractivity contribution in [3.63, 3.8) is 0 Å². The van der Waals surface area contributed by atoms with Gasteiger partial charge in [0, 0.05) is 5.92 Å². The summed E-state index contributed by atoms with van der Waals surface area (Å²) in [6.45, 7) is 1.71. The third-order valence-electron chi connectivity index (χ3n) is 3.23. The molecule has 0 spiro atoms. The van der Waals surface area contributed by atoms with E-state index in [4.69, 9.17) is 14.6 Å². The van der Waals surface area contributed by atoms with Gasteiger partial charge in [-0.15, -0.1) is 0 Å². The number of aliphatic hydroxyl groups excluding tert-OH is 3. The smallest absolute Gasteiger partial charge is 0.164 e. The van der Waals surface area contributed by atoms with Gasteiger partial charge in [0.15, 0.2) is 6.29 Å². The molecule has 0 aromatic rings. The predicted molar refractivity (Wildman–Crippen MR) is 46.4 cm³/mol. The van der Waals surface area contributed by atoms with Crippen LogP contribution in [0.15, 0.2) is 0 Å². The zero-order valence-electron chi connectivity index (χ0n) is 8.09. The van der Waals surface area contributed by atoms with Gasteiger partial charge in [-0.05, 0) is 6.42 Å². The van der Waals surface area contributed by atoms with Crippen molar-refractivity contribution in [1.29, 1.82) is 0 Å². The highest BCUT2D eigenvalue weighted by Gasteiger charge is 2.58. The molecule has 2 saturated heterocycles. The van der Waals surface area contributed by atoms with Crippen molar-refractivity contribution in [2.75, 3.05) is 13.2 Å². The number of rotatable bonds is 2. The number of aliphatic hydroxyl groups is 3. The Morgan fingerprint density at radius 1 is 1.43 bits per heavy atom. The van der Waals surface area contributed by atoms with Crippen LogP contribution in [0.2, 0.25) is 0 Å². The maximum Gasteiger partial charge on any atom is 0.164 e. The summed E-state index contributed by atoms with van der Waals surface area (Å²) in [5.41, 5.74) is -1.12. The van der Waals surface area contributed by atoms with Crippen LogP contribution in [0, 0.1) is 5.92 Å². The van der Waals surface area contributed by atoms with Crippen LogP contribution in [0.5, 0.6) is 0 Å². The summed E-state index contributed by atoms with van der Waals surface area (Å²) in [4.78, 5) is 0. The Morgan fingerprint density at radius 2 is 2.14 bits per heavy atom. The summed E-state index contributed by atoms with van der Waals surface area (Å²) in [5.74, 6) is -0.216. The Labute approximate surface area is 82.3 Å². The van der Waals surface area contributed by atoms with Crippen molar-refractivity contribution >= 4 is 0 Å². The van der Waals surface area contributed by atoms with Gasteiger partial charge >= 0.3 is 0 Å². The van der Waals surface area contributed by atoms with E-state index in [-0.39, 0.29) is 19.1 Å². The van der Waals surface area contributed by atoms with Crippen LogP contribution in [0.4, 0.5) is 0 Å². The van der Waals surface area contributed by atoms with E-state index >= 15 is 0 Å². The minimum absolute atomic E-state index is 0.142.